The van der Waals surface area contributed by atoms with E-state index in [9.17, 15) is 9.59 Å². The van der Waals surface area contributed by atoms with Gasteiger partial charge in [-0.05, 0) is 36.8 Å². The number of anilines is 1. The van der Waals surface area contributed by atoms with Crippen LogP contribution in [0.5, 0.6) is 5.75 Å². The Morgan fingerprint density at radius 2 is 1.71 bits per heavy atom. The van der Waals surface area contributed by atoms with Crippen molar-refractivity contribution in [3.8, 4) is 5.75 Å². The summed E-state index contributed by atoms with van der Waals surface area (Å²) in [4.78, 5) is 23.4. The molecule has 0 saturated carbocycles. The average molecular weight is 285 g/mol. The Morgan fingerprint density at radius 3 is 2.38 bits per heavy atom. The van der Waals surface area contributed by atoms with Crippen LogP contribution in [0.4, 0.5) is 5.69 Å². The first-order valence-electron chi connectivity index (χ1n) is 6.32. The number of hydrogen-bond acceptors (Lipinski definition) is 3. The smallest absolute Gasteiger partial charge is 0.336 e. The van der Waals surface area contributed by atoms with Crippen molar-refractivity contribution in [1.29, 1.82) is 0 Å². The molecule has 5 nitrogen and oxygen atoms in total. The monoisotopic (exact) mass is 285 g/mol. The summed E-state index contributed by atoms with van der Waals surface area (Å²) in [6.07, 6.45) is 0. The first-order chi connectivity index (χ1) is 10.0. The molecule has 2 aromatic rings. The van der Waals surface area contributed by atoms with E-state index in [0.717, 1.165) is 0 Å². The molecule has 0 aliphatic carbocycles. The van der Waals surface area contributed by atoms with Gasteiger partial charge in [0.1, 0.15) is 5.75 Å². The first-order valence-corrected chi connectivity index (χ1v) is 6.32. The van der Waals surface area contributed by atoms with E-state index in [4.69, 9.17) is 9.84 Å². The fourth-order valence-corrected chi connectivity index (χ4v) is 2.02. The molecule has 0 atom stereocenters. The molecule has 0 aliphatic heterocycles. The Hall–Kier alpha value is -2.82. The Balaban J connectivity index is 2.32. The van der Waals surface area contributed by atoms with Crippen molar-refractivity contribution in [2.45, 2.75) is 6.92 Å². The van der Waals surface area contributed by atoms with E-state index in [0.29, 0.717) is 22.6 Å². The summed E-state index contributed by atoms with van der Waals surface area (Å²) >= 11 is 0. The lowest BCUT2D eigenvalue weighted by atomic mass is 10.1. The third-order valence-corrected chi connectivity index (χ3v) is 3.16. The normalized spacial score (nSPS) is 10.0. The van der Waals surface area contributed by atoms with Crippen molar-refractivity contribution in [2.24, 2.45) is 0 Å². The maximum atomic E-state index is 12.3. The third kappa shape index (κ3) is 3.02. The van der Waals surface area contributed by atoms with Crippen molar-refractivity contribution in [3.63, 3.8) is 0 Å². The minimum absolute atomic E-state index is 0.160. The highest BCUT2D eigenvalue weighted by atomic mass is 16.5. The lowest BCUT2D eigenvalue weighted by Crippen LogP contribution is -2.15. The summed E-state index contributed by atoms with van der Waals surface area (Å²) in [5.74, 6) is -0.916. The lowest BCUT2D eigenvalue weighted by molar-refractivity contribution is 0.0695. The highest BCUT2D eigenvalue weighted by Gasteiger charge is 2.15. The molecule has 108 valence electrons. The second-order valence-electron chi connectivity index (χ2n) is 4.44. The van der Waals surface area contributed by atoms with E-state index in [1.807, 2.05) is 0 Å². The Morgan fingerprint density at radius 1 is 1.05 bits per heavy atom. The molecule has 0 saturated heterocycles. The molecule has 21 heavy (non-hydrogen) atoms. The second-order valence-corrected chi connectivity index (χ2v) is 4.44. The zero-order chi connectivity index (χ0) is 15.4. The number of carbonyl (C=O) groups is 2. The topological polar surface area (TPSA) is 75.6 Å². The molecule has 0 heterocycles. The van der Waals surface area contributed by atoms with Gasteiger partial charge in [-0.15, -0.1) is 0 Å². The van der Waals surface area contributed by atoms with Crippen molar-refractivity contribution in [1.82, 2.24) is 0 Å². The number of para-hydroxylation sites is 1. The number of carbonyl (C=O) groups excluding carboxylic acids is 1. The fourth-order valence-electron chi connectivity index (χ4n) is 2.02. The Kier molecular flexibility index (Phi) is 4.23. The maximum absolute atomic E-state index is 12.3. The zero-order valence-electron chi connectivity index (χ0n) is 11.7. The first kappa shape index (κ1) is 14.6. The van der Waals surface area contributed by atoms with Gasteiger partial charge in [0, 0.05) is 5.69 Å². The summed E-state index contributed by atoms with van der Waals surface area (Å²) in [6, 6.07) is 11.6. The quantitative estimate of drug-likeness (QED) is 0.905. The molecule has 0 bridgehead atoms. The number of carboxylic acid groups (broad SMARTS) is 1. The number of benzene rings is 2. The standard InChI is InChI=1S/C16H15NO4/c1-10-11(16(19)20)7-5-8-13(10)17-15(18)12-6-3-4-9-14(12)21-2/h3-9H,1-2H3,(H,17,18)(H,19,20). The van der Waals surface area contributed by atoms with E-state index in [2.05, 4.69) is 5.32 Å². The molecule has 2 aromatic carbocycles. The largest absolute Gasteiger partial charge is 0.496 e. The predicted molar refractivity (Wildman–Crippen MR) is 79.1 cm³/mol. The van der Waals surface area contributed by atoms with Crippen molar-refractivity contribution in [3.05, 3.63) is 59.2 Å². The summed E-state index contributed by atoms with van der Waals surface area (Å²) in [5.41, 5.74) is 1.52. The van der Waals surface area contributed by atoms with Crippen LogP contribution in [0.1, 0.15) is 26.3 Å². The number of rotatable bonds is 4. The van der Waals surface area contributed by atoms with Crippen LogP contribution in [0.15, 0.2) is 42.5 Å². The van der Waals surface area contributed by atoms with Crippen LogP contribution in [-0.2, 0) is 0 Å². The van der Waals surface area contributed by atoms with Crippen LogP contribution in [0.25, 0.3) is 0 Å². The molecule has 0 aromatic heterocycles. The summed E-state index contributed by atoms with van der Waals surface area (Å²) < 4.78 is 5.14. The number of ether oxygens (including phenoxy) is 1. The molecule has 0 unspecified atom stereocenters. The van der Waals surface area contributed by atoms with Gasteiger partial charge in [0.2, 0.25) is 0 Å². The number of carboxylic acids is 1. The average Bonchev–Trinajstić information content (AvgIpc) is 2.48. The van der Waals surface area contributed by atoms with E-state index < -0.39 is 5.97 Å². The van der Waals surface area contributed by atoms with Gasteiger partial charge < -0.3 is 15.2 Å². The van der Waals surface area contributed by atoms with Gasteiger partial charge in [0.25, 0.3) is 5.91 Å². The van der Waals surface area contributed by atoms with Gasteiger partial charge in [-0.1, -0.05) is 18.2 Å². The molecule has 0 radical (unpaired) electrons. The molecule has 0 aliphatic rings. The molecule has 5 heteroatoms. The number of amides is 1. The van der Waals surface area contributed by atoms with Crippen molar-refractivity contribution in [2.75, 3.05) is 12.4 Å². The number of hydrogen-bond donors (Lipinski definition) is 2. The predicted octanol–water partition coefficient (Wildman–Crippen LogP) is 2.95. The van der Waals surface area contributed by atoms with Crippen LogP contribution in [0.3, 0.4) is 0 Å². The number of methoxy groups -OCH3 is 1. The molecule has 0 fully saturated rings. The van der Waals surface area contributed by atoms with E-state index >= 15 is 0 Å². The Labute approximate surface area is 122 Å². The van der Waals surface area contributed by atoms with Gasteiger partial charge >= 0.3 is 5.97 Å². The molecular weight excluding hydrogens is 270 g/mol. The van der Waals surface area contributed by atoms with Crippen LogP contribution in [-0.4, -0.2) is 24.1 Å². The molecule has 2 rings (SSSR count). The zero-order valence-corrected chi connectivity index (χ0v) is 11.7. The summed E-state index contributed by atoms with van der Waals surface area (Å²) in [6.45, 7) is 1.65. The molecular formula is C16H15NO4. The van der Waals surface area contributed by atoms with E-state index in [-0.39, 0.29) is 11.5 Å². The minimum Gasteiger partial charge on any atom is -0.496 e. The highest BCUT2D eigenvalue weighted by Crippen LogP contribution is 2.22. The molecule has 1 amide bonds. The SMILES string of the molecule is COc1ccccc1C(=O)Nc1cccc(C(=O)O)c1C. The molecule has 2 N–H and O–H groups in total. The highest BCUT2D eigenvalue weighted by molar-refractivity contribution is 6.07. The van der Waals surface area contributed by atoms with Gasteiger partial charge in [-0.25, -0.2) is 4.79 Å². The second kappa shape index (κ2) is 6.09. The number of nitrogens with one attached hydrogen (secondary N) is 1. The van der Waals surface area contributed by atoms with Crippen LogP contribution >= 0.6 is 0 Å². The van der Waals surface area contributed by atoms with Crippen molar-refractivity contribution < 1.29 is 19.4 Å². The lowest BCUT2D eigenvalue weighted by Gasteiger charge is -2.12. The van der Waals surface area contributed by atoms with Gasteiger partial charge in [0.05, 0.1) is 18.2 Å². The molecule has 0 spiro atoms. The van der Waals surface area contributed by atoms with Gasteiger partial charge in [-0.3, -0.25) is 4.79 Å². The van der Waals surface area contributed by atoms with Crippen LogP contribution in [0, 0.1) is 6.92 Å². The van der Waals surface area contributed by atoms with Crippen LogP contribution < -0.4 is 10.1 Å². The minimum atomic E-state index is -1.03. The third-order valence-electron chi connectivity index (χ3n) is 3.16. The summed E-state index contributed by atoms with van der Waals surface area (Å²) in [7, 11) is 1.49. The number of aromatic carboxylic acids is 1. The Bertz CT molecular complexity index is 694. The van der Waals surface area contributed by atoms with Gasteiger partial charge in [-0.2, -0.15) is 0 Å². The summed E-state index contributed by atoms with van der Waals surface area (Å²) in [5, 5.41) is 11.8. The fraction of sp³-hybridized carbons (Fsp3) is 0.125. The van der Waals surface area contributed by atoms with Gasteiger partial charge in [0.15, 0.2) is 0 Å². The van der Waals surface area contributed by atoms with E-state index in [1.165, 1.54) is 13.2 Å². The van der Waals surface area contributed by atoms with E-state index in [1.54, 1.807) is 43.3 Å². The van der Waals surface area contributed by atoms with Crippen molar-refractivity contribution >= 4 is 17.6 Å². The van der Waals surface area contributed by atoms with Crippen LogP contribution in [0.2, 0.25) is 0 Å². The maximum Gasteiger partial charge on any atom is 0.336 e.